The Hall–Kier alpha value is -1.95. The molecule has 2 rings (SSSR count). The van der Waals surface area contributed by atoms with Crippen LogP contribution in [0.25, 0.3) is 0 Å². The van der Waals surface area contributed by atoms with Crippen LogP contribution in [0.4, 0.5) is 0 Å². The van der Waals surface area contributed by atoms with Crippen molar-refractivity contribution in [2.24, 2.45) is 0 Å². The van der Waals surface area contributed by atoms with Gasteiger partial charge in [0.15, 0.2) is 5.69 Å². The van der Waals surface area contributed by atoms with Crippen molar-refractivity contribution in [2.45, 2.75) is 17.0 Å². The molecule has 94 valence electrons. The predicted octanol–water partition coefficient (Wildman–Crippen LogP) is 2.71. The van der Waals surface area contributed by atoms with E-state index in [1.807, 2.05) is 0 Å². The largest absolute Gasteiger partial charge is 0.507 e. The molecular formula is C12H11NO4S. The van der Waals surface area contributed by atoms with E-state index >= 15 is 0 Å². The van der Waals surface area contributed by atoms with Gasteiger partial charge in [0.1, 0.15) is 12.0 Å². The molecule has 0 radical (unpaired) electrons. The van der Waals surface area contributed by atoms with Crippen LogP contribution in [-0.4, -0.2) is 22.7 Å². The topological polar surface area (TPSA) is 72.6 Å². The number of carbonyl (C=O) groups excluding carboxylic acids is 1. The SMILES string of the molecule is CCOC(=O)c1coc(Sc2ccccc2O)n1. The van der Waals surface area contributed by atoms with Crippen LogP contribution in [0, 0.1) is 0 Å². The first-order valence-corrected chi connectivity index (χ1v) is 6.11. The molecule has 0 amide bonds. The number of oxazole rings is 1. The average Bonchev–Trinajstić information content (AvgIpc) is 2.81. The van der Waals surface area contributed by atoms with Gasteiger partial charge in [0, 0.05) is 0 Å². The highest BCUT2D eigenvalue weighted by Crippen LogP contribution is 2.33. The zero-order valence-corrected chi connectivity index (χ0v) is 10.4. The fourth-order valence-electron chi connectivity index (χ4n) is 1.24. The van der Waals surface area contributed by atoms with Crippen molar-refractivity contribution in [3.05, 3.63) is 36.2 Å². The Balaban J connectivity index is 2.12. The summed E-state index contributed by atoms with van der Waals surface area (Å²) < 4.78 is 9.93. The average molecular weight is 265 g/mol. The number of nitrogens with zero attached hydrogens (tertiary/aromatic N) is 1. The minimum Gasteiger partial charge on any atom is -0.507 e. The Labute approximate surface area is 108 Å². The van der Waals surface area contributed by atoms with Crippen LogP contribution in [0.3, 0.4) is 0 Å². The summed E-state index contributed by atoms with van der Waals surface area (Å²) in [6, 6.07) is 6.81. The summed E-state index contributed by atoms with van der Waals surface area (Å²) >= 11 is 1.13. The lowest BCUT2D eigenvalue weighted by molar-refractivity contribution is 0.0519. The van der Waals surface area contributed by atoms with Crippen LogP contribution in [0.5, 0.6) is 5.75 Å². The van der Waals surface area contributed by atoms with Gasteiger partial charge in [0.2, 0.25) is 0 Å². The van der Waals surface area contributed by atoms with Gasteiger partial charge in [0.25, 0.3) is 5.22 Å². The number of benzene rings is 1. The van der Waals surface area contributed by atoms with E-state index in [0.717, 1.165) is 11.8 Å². The van der Waals surface area contributed by atoms with Crippen molar-refractivity contribution in [3.8, 4) is 5.75 Å². The summed E-state index contributed by atoms with van der Waals surface area (Å²) in [4.78, 5) is 16.0. The maximum atomic E-state index is 11.4. The minimum atomic E-state index is -0.523. The number of para-hydroxylation sites is 1. The predicted molar refractivity (Wildman–Crippen MR) is 64.7 cm³/mol. The van der Waals surface area contributed by atoms with Crippen LogP contribution in [0.2, 0.25) is 0 Å². The van der Waals surface area contributed by atoms with Crippen LogP contribution >= 0.6 is 11.8 Å². The molecule has 0 bridgehead atoms. The van der Waals surface area contributed by atoms with Gasteiger partial charge >= 0.3 is 5.97 Å². The molecule has 0 saturated heterocycles. The molecule has 0 spiro atoms. The maximum Gasteiger partial charge on any atom is 0.360 e. The minimum absolute atomic E-state index is 0.120. The molecule has 0 aliphatic carbocycles. The van der Waals surface area contributed by atoms with Crippen molar-refractivity contribution in [3.63, 3.8) is 0 Å². The standard InChI is InChI=1S/C12H11NO4S/c1-2-16-11(15)8-7-17-12(13-8)18-10-6-4-3-5-9(10)14/h3-7,14H,2H2,1H3. The van der Waals surface area contributed by atoms with Crippen molar-refractivity contribution < 1.29 is 19.1 Å². The van der Waals surface area contributed by atoms with Gasteiger partial charge in [-0.15, -0.1) is 0 Å². The van der Waals surface area contributed by atoms with E-state index in [1.165, 1.54) is 6.26 Å². The number of carbonyl (C=O) groups is 1. The lowest BCUT2D eigenvalue weighted by Gasteiger charge is -1.99. The van der Waals surface area contributed by atoms with Crippen molar-refractivity contribution in [1.29, 1.82) is 0 Å². The highest BCUT2D eigenvalue weighted by Gasteiger charge is 2.14. The highest BCUT2D eigenvalue weighted by molar-refractivity contribution is 7.99. The Bertz CT molecular complexity index is 553. The Morgan fingerprint density at radius 2 is 2.28 bits per heavy atom. The summed E-state index contributed by atoms with van der Waals surface area (Å²) in [5, 5.41) is 9.87. The zero-order chi connectivity index (χ0) is 13.0. The molecule has 0 saturated carbocycles. The number of esters is 1. The fraction of sp³-hybridized carbons (Fsp3) is 0.167. The van der Waals surface area contributed by atoms with Gasteiger partial charge in [-0.3, -0.25) is 0 Å². The van der Waals surface area contributed by atoms with Gasteiger partial charge in [-0.1, -0.05) is 12.1 Å². The van der Waals surface area contributed by atoms with E-state index in [0.29, 0.717) is 4.90 Å². The summed E-state index contributed by atoms with van der Waals surface area (Å²) in [5.74, 6) is -0.385. The first kappa shape index (κ1) is 12.5. The second-order valence-electron chi connectivity index (χ2n) is 3.29. The lowest BCUT2D eigenvalue weighted by Crippen LogP contribution is -2.04. The number of rotatable bonds is 4. The molecule has 6 heteroatoms. The van der Waals surface area contributed by atoms with E-state index in [-0.39, 0.29) is 23.3 Å². The number of hydrogen-bond acceptors (Lipinski definition) is 6. The van der Waals surface area contributed by atoms with Gasteiger partial charge in [0.05, 0.1) is 11.5 Å². The quantitative estimate of drug-likeness (QED) is 0.857. The molecule has 1 aromatic heterocycles. The molecule has 0 atom stereocenters. The van der Waals surface area contributed by atoms with Crippen molar-refractivity contribution in [2.75, 3.05) is 6.61 Å². The molecule has 0 unspecified atom stereocenters. The third-order valence-electron chi connectivity index (χ3n) is 2.03. The molecule has 0 aliphatic rings. The molecule has 1 heterocycles. The zero-order valence-electron chi connectivity index (χ0n) is 9.62. The molecular weight excluding hydrogens is 254 g/mol. The van der Waals surface area contributed by atoms with E-state index in [2.05, 4.69) is 4.98 Å². The second-order valence-corrected chi connectivity index (χ2v) is 4.28. The highest BCUT2D eigenvalue weighted by atomic mass is 32.2. The van der Waals surface area contributed by atoms with Gasteiger partial charge in [-0.05, 0) is 30.8 Å². The van der Waals surface area contributed by atoms with Gasteiger partial charge in [-0.2, -0.15) is 4.98 Å². The number of hydrogen-bond donors (Lipinski definition) is 1. The van der Waals surface area contributed by atoms with E-state index < -0.39 is 5.97 Å². The molecule has 2 aromatic rings. The molecule has 18 heavy (non-hydrogen) atoms. The number of ether oxygens (including phenoxy) is 1. The van der Waals surface area contributed by atoms with Gasteiger partial charge in [-0.25, -0.2) is 4.79 Å². The number of aromatic hydroxyl groups is 1. The smallest absolute Gasteiger partial charge is 0.360 e. The Morgan fingerprint density at radius 1 is 1.50 bits per heavy atom. The summed E-state index contributed by atoms with van der Waals surface area (Å²) in [7, 11) is 0. The van der Waals surface area contributed by atoms with E-state index in [1.54, 1.807) is 31.2 Å². The number of aromatic nitrogens is 1. The third kappa shape index (κ3) is 2.84. The van der Waals surface area contributed by atoms with Crippen molar-refractivity contribution in [1.82, 2.24) is 4.98 Å². The molecule has 1 aromatic carbocycles. The second kappa shape index (κ2) is 5.59. The molecule has 0 fully saturated rings. The Kier molecular flexibility index (Phi) is 3.88. The third-order valence-corrected chi connectivity index (χ3v) is 2.96. The van der Waals surface area contributed by atoms with Crippen LogP contribution in [0.1, 0.15) is 17.4 Å². The molecule has 0 aliphatic heterocycles. The normalized spacial score (nSPS) is 10.3. The van der Waals surface area contributed by atoms with E-state index in [9.17, 15) is 9.90 Å². The fourth-order valence-corrected chi connectivity index (χ4v) is 1.99. The lowest BCUT2D eigenvalue weighted by atomic mass is 10.3. The van der Waals surface area contributed by atoms with Crippen LogP contribution in [-0.2, 0) is 4.74 Å². The van der Waals surface area contributed by atoms with Crippen LogP contribution < -0.4 is 0 Å². The number of phenolic OH excluding ortho intramolecular Hbond substituents is 1. The van der Waals surface area contributed by atoms with Crippen molar-refractivity contribution >= 4 is 17.7 Å². The first-order chi connectivity index (χ1) is 8.70. The summed E-state index contributed by atoms with van der Waals surface area (Å²) in [5.41, 5.74) is 0.120. The monoisotopic (exact) mass is 265 g/mol. The molecule has 5 nitrogen and oxygen atoms in total. The molecule has 1 N–H and O–H groups in total. The Morgan fingerprint density at radius 3 is 3.00 bits per heavy atom. The number of phenols is 1. The first-order valence-electron chi connectivity index (χ1n) is 5.29. The summed E-state index contributed by atoms with van der Waals surface area (Å²) in [6.45, 7) is 2.00. The van der Waals surface area contributed by atoms with E-state index in [4.69, 9.17) is 9.15 Å². The maximum absolute atomic E-state index is 11.4. The summed E-state index contributed by atoms with van der Waals surface area (Å²) in [6.07, 6.45) is 1.24. The van der Waals surface area contributed by atoms with Crippen LogP contribution in [0.15, 0.2) is 45.1 Å². The van der Waals surface area contributed by atoms with Gasteiger partial charge < -0.3 is 14.3 Å².